The highest BCUT2D eigenvalue weighted by molar-refractivity contribution is 4.94. The van der Waals surface area contributed by atoms with Gasteiger partial charge in [0.1, 0.15) is 0 Å². The van der Waals surface area contributed by atoms with Crippen LogP contribution < -0.4 is 0 Å². The maximum atomic E-state index is 2.63. The van der Waals surface area contributed by atoms with Gasteiger partial charge in [-0.05, 0) is 91.8 Å². The fourth-order valence-corrected chi connectivity index (χ4v) is 7.10. The molecule has 0 aliphatic heterocycles. The first-order valence-corrected chi connectivity index (χ1v) is 11.8. The first kappa shape index (κ1) is 19.8. The Balaban J connectivity index is 1.55. The summed E-state index contributed by atoms with van der Waals surface area (Å²) in [7, 11) is 0. The second-order valence-electron chi connectivity index (χ2n) is 11.5. The summed E-state index contributed by atoms with van der Waals surface area (Å²) < 4.78 is 0. The normalized spacial score (nSPS) is 36.4. The maximum absolute atomic E-state index is 2.63. The van der Waals surface area contributed by atoms with Gasteiger partial charge in [-0.3, -0.25) is 0 Å². The molecule has 0 heteroatoms. The van der Waals surface area contributed by atoms with E-state index in [2.05, 4.69) is 34.6 Å². The first-order valence-electron chi connectivity index (χ1n) is 11.8. The molecule has 3 fully saturated rings. The van der Waals surface area contributed by atoms with Crippen LogP contribution in [0.25, 0.3) is 0 Å². The van der Waals surface area contributed by atoms with Crippen LogP contribution in [0.1, 0.15) is 118 Å². The summed E-state index contributed by atoms with van der Waals surface area (Å²) in [4.78, 5) is 0. The predicted octanol–water partition coefficient (Wildman–Crippen LogP) is 8.25. The van der Waals surface area contributed by atoms with Crippen LogP contribution in [0.5, 0.6) is 0 Å². The summed E-state index contributed by atoms with van der Waals surface area (Å²) in [5.74, 6) is 4.98. The van der Waals surface area contributed by atoms with Gasteiger partial charge >= 0.3 is 0 Å². The van der Waals surface area contributed by atoms with Gasteiger partial charge in [-0.1, -0.05) is 66.7 Å². The predicted molar refractivity (Wildman–Crippen MR) is 111 cm³/mol. The fraction of sp³-hybridized carbons (Fsp3) is 1.00. The van der Waals surface area contributed by atoms with E-state index in [1.54, 1.807) is 0 Å². The third kappa shape index (κ3) is 4.30. The zero-order valence-electron chi connectivity index (χ0n) is 18.1. The third-order valence-corrected chi connectivity index (χ3v) is 9.56. The van der Waals surface area contributed by atoms with Crippen molar-refractivity contribution in [3.63, 3.8) is 0 Å². The van der Waals surface area contributed by atoms with E-state index >= 15 is 0 Å². The minimum absolute atomic E-state index is 0.583. The van der Waals surface area contributed by atoms with E-state index in [4.69, 9.17) is 0 Å². The summed E-state index contributed by atoms with van der Waals surface area (Å²) in [5, 5.41) is 0. The molecule has 0 atom stereocenters. The second kappa shape index (κ2) is 7.93. The molecule has 3 aliphatic carbocycles. The van der Waals surface area contributed by atoms with Crippen LogP contribution in [0.15, 0.2) is 0 Å². The van der Waals surface area contributed by atoms with Gasteiger partial charge in [-0.15, -0.1) is 0 Å². The SMILES string of the molecule is CC1CCC(C(C)(C)C2CCC(C(C)(C)C3CCCCC3)CC2)CC1. The molecule has 0 aromatic carbocycles. The van der Waals surface area contributed by atoms with Crippen LogP contribution in [0.4, 0.5) is 0 Å². The number of rotatable bonds is 4. The van der Waals surface area contributed by atoms with Gasteiger partial charge in [0.2, 0.25) is 0 Å². The molecule has 0 bridgehead atoms. The standard InChI is InChI=1S/C25H46/c1-19-11-13-21(14-12-19)25(4,5)23-17-15-22(16-18-23)24(2,3)20-9-7-6-8-10-20/h19-23H,6-18H2,1-5H3. The van der Waals surface area contributed by atoms with Crippen molar-refractivity contribution < 1.29 is 0 Å². The Hall–Kier alpha value is 0. The third-order valence-electron chi connectivity index (χ3n) is 9.56. The summed E-state index contributed by atoms with van der Waals surface area (Å²) in [6, 6.07) is 0. The number of hydrogen-bond donors (Lipinski definition) is 0. The Bertz CT molecular complexity index is 396. The molecule has 0 heterocycles. The van der Waals surface area contributed by atoms with Crippen molar-refractivity contribution in [2.75, 3.05) is 0 Å². The van der Waals surface area contributed by atoms with Crippen molar-refractivity contribution in [3.8, 4) is 0 Å². The molecule has 0 spiro atoms. The van der Waals surface area contributed by atoms with Crippen LogP contribution in [-0.2, 0) is 0 Å². The van der Waals surface area contributed by atoms with Gasteiger partial charge in [-0.25, -0.2) is 0 Å². The maximum Gasteiger partial charge on any atom is -0.0298 e. The zero-order valence-corrected chi connectivity index (χ0v) is 18.1. The van der Waals surface area contributed by atoms with E-state index in [-0.39, 0.29) is 0 Å². The van der Waals surface area contributed by atoms with E-state index in [0.717, 1.165) is 29.6 Å². The molecule has 0 radical (unpaired) electrons. The molecule has 25 heavy (non-hydrogen) atoms. The smallest absolute Gasteiger partial charge is 0.0298 e. The van der Waals surface area contributed by atoms with Crippen LogP contribution in [0.3, 0.4) is 0 Å². The average molecular weight is 347 g/mol. The average Bonchev–Trinajstić information content (AvgIpc) is 2.63. The lowest BCUT2D eigenvalue weighted by molar-refractivity contribution is 0.000404. The van der Waals surface area contributed by atoms with E-state index in [1.807, 2.05) is 0 Å². The van der Waals surface area contributed by atoms with Crippen molar-refractivity contribution in [2.24, 2.45) is 40.4 Å². The summed E-state index contributed by atoms with van der Waals surface area (Å²) in [6.07, 6.45) is 19.5. The van der Waals surface area contributed by atoms with Crippen LogP contribution in [0, 0.1) is 40.4 Å². The topological polar surface area (TPSA) is 0 Å². The number of hydrogen-bond acceptors (Lipinski definition) is 0. The van der Waals surface area contributed by atoms with Crippen LogP contribution in [-0.4, -0.2) is 0 Å². The molecule has 0 N–H and O–H groups in total. The quantitative estimate of drug-likeness (QED) is 0.480. The molecular formula is C25H46. The van der Waals surface area contributed by atoms with Crippen molar-refractivity contribution in [3.05, 3.63) is 0 Å². The molecule has 146 valence electrons. The molecule has 3 rings (SSSR count). The summed E-state index contributed by atoms with van der Waals surface area (Å²) in [5.41, 5.74) is 1.18. The molecule has 0 aromatic rings. The Morgan fingerprint density at radius 1 is 0.440 bits per heavy atom. The largest absolute Gasteiger partial charge is 0.0625 e. The molecule has 3 saturated carbocycles. The Labute approximate surface area is 158 Å². The van der Waals surface area contributed by atoms with Crippen molar-refractivity contribution in [2.45, 2.75) is 118 Å². The lowest BCUT2D eigenvalue weighted by atomic mass is 9.55. The minimum Gasteiger partial charge on any atom is -0.0625 e. The van der Waals surface area contributed by atoms with Gasteiger partial charge in [0.05, 0.1) is 0 Å². The second-order valence-corrected chi connectivity index (χ2v) is 11.5. The first-order chi connectivity index (χ1) is 11.8. The highest BCUT2D eigenvalue weighted by atomic mass is 14.5. The highest BCUT2D eigenvalue weighted by Crippen LogP contribution is 2.54. The lowest BCUT2D eigenvalue weighted by Gasteiger charge is -2.50. The van der Waals surface area contributed by atoms with E-state index in [0.29, 0.717) is 10.8 Å². The van der Waals surface area contributed by atoms with Gasteiger partial charge in [-0.2, -0.15) is 0 Å². The molecule has 0 unspecified atom stereocenters. The van der Waals surface area contributed by atoms with Crippen molar-refractivity contribution in [1.29, 1.82) is 0 Å². The zero-order chi connectivity index (χ0) is 18.1. The molecule has 0 amide bonds. The minimum atomic E-state index is 0.583. The lowest BCUT2D eigenvalue weighted by Crippen LogP contribution is -2.40. The van der Waals surface area contributed by atoms with E-state index in [9.17, 15) is 0 Å². The van der Waals surface area contributed by atoms with Crippen LogP contribution in [0.2, 0.25) is 0 Å². The van der Waals surface area contributed by atoms with Gasteiger partial charge in [0.25, 0.3) is 0 Å². The van der Waals surface area contributed by atoms with Gasteiger partial charge < -0.3 is 0 Å². The van der Waals surface area contributed by atoms with Crippen molar-refractivity contribution in [1.82, 2.24) is 0 Å². The van der Waals surface area contributed by atoms with E-state index < -0.39 is 0 Å². The van der Waals surface area contributed by atoms with Gasteiger partial charge in [0, 0.05) is 0 Å². The summed E-state index contributed by atoms with van der Waals surface area (Å²) in [6.45, 7) is 13.0. The molecule has 0 aromatic heterocycles. The Kier molecular flexibility index (Phi) is 6.27. The molecular weight excluding hydrogens is 300 g/mol. The fourth-order valence-electron chi connectivity index (χ4n) is 7.10. The molecule has 3 aliphatic rings. The Morgan fingerprint density at radius 2 is 0.760 bits per heavy atom. The Morgan fingerprint density at radius 3 is 1.16 bits per heavy atom. The molecule has 0 nitrogen and oxygen atoms in total. The van der Waals surface area contributed by atoms with E-state index in [1.165, 1.54) is 83.5 Å². The monoisotopic (exact) mass is 346 g/mol. The van der Waals surface area contributed by atoms with Gasteiger partial charge in [0.15, 0.2) is 0 Å². The summed E-state index contributed by atoms with van der Waals surface area (Å²) >= 11 is 0. The van der Waals surface area contributed by atoms with Crippen molar-refractivity contribution >= 4 is 0 Å². The highest BCUT2D eigenvalue weighted by Gasteiger charge is 2.44. The van der Waals surface area contributed by atoms with Crippen LogP contribution >= 0.6 is 0 Å². The molecule has 0 saturated heterocycles.